The summed E-state index contributed by atoms with van der Waals surface area (Å²) in [5.74, 6) is 0.150. The molecule has 0 aromatic heterocycles. The molecule has 150 valence electrons. The van der Waals surface area contributed by atoms with Crippen molar-refractivity contribution in [1.29, 1.82) is 0 Å². The van der Waals surface area contributed by atoms with E-state index in [1.807, 2.05) is 18.2 Å². The van der Waals surface area contributed by atoms with Crippen molar-refractivity contribution in [2.75, 3.05) is 18.1 Å². The first-order chi connectivity index (χ1) is 14.2. The van der Waals surface area contributed by atoms with Crippen LogP contribution >= 0.6 is 0 Å². The number of ether oxygens (including phenoxy) is 1. The van der Waals surface area contributed by atoms with Crippen molar-refractivity contribution in [3.8, 4) is 5.75 Å². The second kappa shape index (κ2) is 8.56. The fourth-order valence-corrected chi connectivity index (χ4v) is 4.63. The van der Waals surface area contributed by atoms with Gasteiger partial charge in [0.05, 0.1) is 0 Å². The van der Waals surface area contributed by atoms with Crippen molar-refractivity contribution in [3.05, 3.63) is 72.3 Å². The Hall–Kier alpha value is -3.01. The Balaban J connectivity index is 1.53. The molecule has 3 aromatic rings. The standard InChI is InChI=1S/C25H27NO3/c1-2-26(24-12-6-8-18-7-3-4-11-23(18)24)21-14-13-20(15-21)19-9-5-10-22(16-19)29-17-25(27)28/h3-12,16,20-21H,2,13-15,17H2,1H3,(H,27,28). The van der Waals surface area contributed by atoms with E-state index < -0.39 is 5.97 Å². The van der Waals surface area contributed by atoms with Crippen molar-refractivity contribution in [3.63, 3.8) is 0 Å². The number of hydrogen-bond donors (Lipinski definition) is 1. The summed E-state index contributed by atoms with van der Waals surface area (Å²) in [4.78, 5) is 13.3. The van der Waals surface area contributed by atoms with Gasteiger partial charge in [-0.05, 0) is 61.3 Å². The fraction of sp³-hybridized carbons (Fsp3) is 0.320. The molecule has 0 heterocycles. The van der Waals surface area contributed by atoms with Crippen LogP contribution in [0.3, 0.4) is 0 Å². The molecule has 0 aliphatic heterocycles. The van der Waals surface area contributed by atoms with Crippen LogP contribution in [0, 0.1) is 0 Å². The molecule has 0 amide bonds. The van der Waals surface area contributed by atoms with Crippen molar-refractivity contribution in [2.45, 2.75) is 38.1 Å². The predicted molar refractivity (Wildman–Crippen MR) is 117 cm³/mol. The summed E-state index contributed by atoms with van der Waals surface area (Å²) in [6.07, 6.45) is 3.38. The van der Waals surface area contributed by atoms with E-state index in [2.05, 4.69) is 60.4 Å². The van der Waals surface area contributed by atoms with Gasteiger partial charge >= 0.3 is 5.97 Å². The summed E-state index contributed by atoms with van der Waals surface area (Å²) < 4.78 is 5.37. The van der Waals surface area contributed by atoms with Crippen LogP contribution in [0.15, 0.2) is 66.7 Å². The minimum atomic E-state index is -0.954. The van der Waals surface area contributed by atoms with E-state index in [-0.39, 0.29) is 6.61 Å². The zero-order valence-corrected chi connectivity index (χ0v) is 16.8. The SMILES string of the molecule is CCN(c1cccc2ccccc12)C1CCC(c2cccc(OCC(=O)O)c2)C1. The fourth-order valence-electron chi connectivity index (χ4n) is 4.63. The average molecular weight is 389 g/mol. The molecule has 1 aliphatic rings. The summed E-state index contributed by atoms with van der Waals surface area (Å²) in [5.41, 5.74) is 2.55. The number of carboxylic acids is 1. The molecule has 2 unspecified atom stereocenters. The normalized spacial score (nSPS) is 18.7. The van der Waals surface area contributed by atoms with Gasteiger partial charge in [0.1, 0.15) is 5.75 Å². The van der Waals surface area contributed by atoms with Crippen LogP contribution in [-0.4, -0.2) is 30.3 Å². The molecule has 0 saturated heterocycles. The molecule has 29 heavy (non-hydrogen) atoms. The Bertz CT molecular complexity index is 995. The third-order valence-corrected chi connectivity index (χ3v) is 5.95. The van der Waals surface area contributed by atoms with Gasteiger partial charge in [-0.1, -0.05) is 48.5 Å². The lowest BCUT2D eigenvalue weighted by molar-refractivity contribution is -0.139. The maximum atomic E-state index is 10.8. The molecule has 1 aliphatic carbocycles. The largest absolute Gasteiger partial charge is 0.482 e. The van der Waals surface area contributed by atoms with Gasteiger partial charge in [0, 0.05) is 23.7 Å². The molecule has 4 nitrogen and oxygen atoms in total. The minimum Gasteiger partial charge on any atom is -0.482 e. The van der Waals surface area contributed by atoms with Gasteiger partial charge in [0.25, 0.3) is 0 Å². The highest BCUT2D eigenvalue weighted by Gasteiger charge is 2.30. The Labute approximate surface area is 171 Å². The van der Waals surface area contributed by atoms with Crippen molar-refractivity contribution < 1.29 is 14.6 Å². The highest BCUT2D eigenvalue weighted by molar-refractivity contribution is 5.94. The molecule has 0 radical (unpaired) electrons. The Morgan fingerprint density at radius 1 is 1.07 bits per heavy atom. The molecule has 2 atom stereocenters. The number of carboxylic acid groups (broad SMARTS) is 1. The zero-order chi connectivity index (χ0) is 20.2. The van der Waals surface area contributed by atoms with E-state index in [4.69, 9.17) is 9.84 Å². The molecule has 0 spiro atoms. The summed E-state index contributed by atoms with van der Waals surface area (Å²) >= 11 is 0. The highest BCUT2D eigenvalue weighted by Crippen LogP contribution is 2.40. The summed E-state index contributed by atoms with van der Waals surface area (Å²) in [5, 5.41) is 11.4. The number of carbonyl (C=O) groups is 1. The van der Waals surface area contributed by atoms with E-state index in [0.29, 0.717) is 17.7 Å². The maximum absolute atomic E-state index is 10.8. The van der Waals surface area contributed by atoms with E-state index in [0.717, 1.165) is 25.8 Å². The molecular formula is C25H27NO3. The Morgan fingerprint density at radius 2 is 1.86 bits per heavy atom. The van der Waals surface area contributed by atoms with E-state index in [1.54, 1.807) is 0 Å². The number of aliphatic carboxylic acids is 1. The number of nitrogens with zero attached hydrogens (tertiary/aromatic N) is 1. The van der Waals surface area contributed by atoms with Crippen LogP contribution in [0.5, 0.6) is 5.75 Å². The molecular weight excluding hydrogens is 362 g/mol. The van der Waals surface area contributed by atoms with Crippen molar-refractivity contribution in [1.82, 2.24) is 0 Å². The summed E-state index contributed by atoms with van der Waals surface area (Å²) in [7, 11) is 0. The van der Waals surface area contributed by atoms with E-state index in [9.17, 15) is 4.79 Å². The lowest BCUT2D eigenvalue weighted by Gasteiger charge is -2.31. The number of rotatable bonds is 7. The van der Waals surface area contributed by atoms with Crippen LogP contribution in [0.2, 0.25) is 0 Å². The van der Waals surface area contributed by atoms with Crippen LogP contribution in [-0.2, 0) is 4.79 Å². The van der Waals surface area contributed by atoms with Gasteiger partial charge in [-0.3, -0.25) is 0 Å². The first-order valence-corrected chi connectivity index (χ1v) is 10.3. The van der Waals surface area contributed by atoms with Gasteiger partial charge in [0.2, 0.25) is 0 Å². The smallest absolute Gasteiger partial charge is 0.341 e. The van der Waals surface area contributed by atoms with E-state index >= 15 is 0 Å². The second-order valence-electron chi connectivity index (χ2n) is 7.70. The molecule has 1 fully saturated rings. The van der Waals surface area contributed by atoms with Gasteiger partial charge < -0.3 is 14.7 Å². The topological polar surface area (TPSA) is 49.8 Å². The maximum Gasteiger partial charge on any atom is 0.341 e. The molecule has 4 heteroatoms. The van der Waals surface area contributed by atoms with Crippen molar-refractivity contribution in [2.24, 2.45) is 0 Å². The monoisotopic (exact) mass is 389 g/mol. The first kappa shape index (κ1) is 19.3. The predicted octanol–water partition coefficient (Wildman–Crippen LogP) is 5.47. The number of hydrogen-bond acceptors (Lipinski definition) is 3. The van der Waals surface area contributed by atoms with Crippen LogP contribution < -0.4 is 9.64 Å². The highest BCUT2D eigenvalue weighted by atomic mass is 16.5. The third-order valence-electron chi connectivity index (χ3n) is 5.95. The Morgan fingerprint density at radius 3 is 2.69 bits per heavy atom. The number of benzene rings is 3. The molecule has 3 aromatic carbocycles. The third kappa shape index (κ3) is 4.21. The number of anilines is 1. The van der Waals surface area contributed by atoms with Gasteiger partial charge in [-0.15, -0.1) is 0 Å². The summed E-state index contributed by atoms with van der Waals surface area (Å²) in [6.45, 7) is 2.91. The molecule has 1 saturated carbocycles. The second-order valence-corrected chi connectivity index (χ2v) is 7.70. The quantitative estimate of drug-likeness (QED) is 0.582. The van der Waals surface area contributed by atoms with Gasteiger partial charge in [-0.2, -0.15) is 0 Å². The number of fused-ring (bicyclic) bond motifs is 1. The lowest BCUT2D eigenvalue weighted by atomic mass is 9.97. The van der Waals surface area contributed by atoms with Crippen LogP contribution in [0.1, 0.15) is 37.7 Å². The van der Waals surface area contributed by atoms with Crippen molar-refractivity contribution >= 4 is 22.4 Å². The van der Waals surface area contributed by atoms with Gasteiger partial charge in [-0.25, -0.2) is 4.79 Å². The van der Waals surface area contributed by atoms with Crippen LogP contribution in [0.4, 0.5) is 5.69 Å². The first-order valence-electron chi connectivity index (χ1n) is 10.3. The molecule has 4 rings (SSSR count). The molecule has 1 N–H and O–H groups in total. The van der Waals surface area contributed by atoms with Gasteiger partial charge in [0.15, 0.2) is 6.61 Å². The average Bonchev–Trinajstić information content (AvgIpc) is 3.23. The minimum absolute atomic E-state index is 0.304. The lowest BCUT2D eigenvalue weighted by Crippen LogP contribution is -2.33. The van der Waals surface area contributed by atoms with E-state index in [1.165, 1.54) is 22.0 Å². The Kier molecular flexibility index (Phi) is 5.70. The molecule has 0 bridgehead atoms. The summed E-state index contributed by atoms with van der Waals surface area (Å²) in [6, 6.07) is 23.6. The van der Waals surface area contributed by atoms with Crippen LogP contribution in [0.25, 0.3) is 10.8 Å². The zero-order valence-electron chi connectivity index (χ0n) is 16.8.